The molecule has 27 heavy (non-hydrogen) atoms. The van der Waals surface area contributed by atoms with Crippen LogP contribution < -0.4 is 4.74 Å². The predicted molar refractivity (Wildman–Crippen MR) is 101 cm³/mol. The van der Waals surface area contributed by atoms with E-state index in [0.717, 1.165) is 26.6 Å². The number of thiophene rings is 2. The Morgan fingerprint density at radius 1 is 1.22 bits per heavy atom. The molecule has 4 aromatic rings. The van der Waals surface area contributed by atoms with Gasteiger partial charge in [0.05, 0.1) is 4.88 Å². The van der Waals surface area contributed by atoms with Crippen LogP contribution in [0.2, 0.25) is 0 Å². The van der Waals surface area contributed by atoms with Gasteiger partial charge in [-0.25, -0.2) is 4.79 Å². The fourth-order valence-electron chi connectivity index (χ4n) is 2.82. The Balaban J connectivity index is 1.31. The molecule has 0 saturated heterocycles. The van der Waals surface area contributed by atoms with E-state index in [9.17, 15) is 4.79 Å². The summed E-state index contributed by atoms with van der Waals surface area (Å²) in [5.74, 6) is 1.18. The van der Waals surface area contributed by atoms with Gasteiger partial charge in [-0.05, 0) is 29.6 Å². The minimum absolute atomic E-state index is 0.0626. The normalized spacial score (nSPS) is 12.1. The van der Waals surface area contributed by atoms with Crippen LogP contribution in [0, 0.1) is 0 Å². The lowest BCUT2D eigenvalue weighted by atomic mass is 10.1. The molecule has 0 bridgehead atoms. The number of carbonyl (C=O) groups is 1. The summed E-state index contributed by atoms with van der Waals surface area (Å²) in [4.78, 5) is 19.2. The number of aromatic nitrogens is 2. The summed E-state index contributed by atoms with van der Waals surface area (Å²) < 4.78 is 16.2. The highest BCUT2D eigenvalue weighted by Crippen LogP contribution is 2.42. The van der Waals surface area contributed by atoms with Crippen molar-refractivity contribution < 1.29 is 18.8 Å². The van der Waals surface area contributed by atoms with Gasteiger partial charge in [0.15, 0.2) is 6.61 Å². The number of nitrogens with zero attached hydrogens (tertiary/aromatic N) is 2. The maximum absolute atomic E-state index is 12.4. The van der Waals surface area contributed by atoms with Gasteiger partial charge in [-0.1, -0.05) is 23.4 Å². The third-order valence-corrected chi connectivity index (χ3v) is 6.12. The molecule has 1 aliphatic heterocycles. The van der Waals surface area contributed by atoms with Crippen LogP contribution in [0.5, 0.6) is 5.75 Å². The molecule has 0 radical (unpaired) electrons. The monoisotopic (exact) mass is 396 g/mol. The average molecular weight is 396 g/mol. The molecular formula is C19H12N2O4S2. The van der Waals surface area contributed by atoms with Crippen LogP contribution in [0.15, 0.2) is 52.4 Å². The Bertz CT molecular complexity index is 1110. The van der Waals surface area contributed by atoms with Crippen molar-refractivity contribution >= 4 is 28.6 Å². The van der Waals surface area contributed by atoms with Crippen molar-refractivity contribution in [2.75, 3.05) is 0 Å². The molecule has 0 saturated carbocycles. The van der Waals surface area contributed by atoms with Gasteiger partial charge in [0.2, 0.25) is 5.82 Å². The van der Waals surface area contributed by atoms with Crippen molar-refractivity contribution in [3.8, 4) is 26.9 Å². The second-order valence-electron chi connectivity index (χ2n) is 5.82. The van der Waals surface area contributed by atoms with Gasteiger partial charge in [0, 0.05) is 16.0 Å². The summed E-state index contributed by atoms with van der Waals surface area (Å²) in [5.41, 5.74) is 1.99. The number of esters is 1. The summed E-state index contributed by atoms with van der Waals surface area (Å²) in [7, 11) is 0. The van der Waals surface area contributed by atoms with Crippen LogP contribution in [0.3, 0.4) is 0 Å². The molecule has 0 fully saturated rings. The van der Waals surface area contributed by atoms with E-state index in [1.165, 1.54) is 22.7 Å². The standard InChI is InChI=1S/C19H12N2O4S2/c22-19(24-10-16-20-18(21-25-16)14-6-3-7-26-14)15-8-11-9-23-13-5-2-1-4-12(13)17(11)27-15/h1-8H,9-10H2. The van der Waals surface area contributed by atoms with Gasteiger partial charge in [-0.15, -0.1) is 22.7 Å². The first-order valence-electron chi connectivity index (χ1n) is 8.16. The molecule has 0 spiro atoms. The van der Waals surface area contributed by atoms with Gasteiger partial charge in [0.1, 0.15) is 17.2 Å². The van der Waals surface area contributed by atoms with E-state index in [1.54, 1.807) is 0 Å². The summed E-state index contributed by atoms with van der Waals surface area (Å²) in [6, 6.07) is 13.4. The third kappa shape index (κ3) is 3.02. The molecule has 0 N–H and O–H groups in total. The molecule has 6 nitrogen and oxygen atoms in total. The smallest absolute Gasteiger partial charge is 0.348 e. The highest BCUT2D eigenvalue weighted by atomic mass is 32.1. The van der Waals surface area contributed by atoms with Crippen LogP contribution in [0.4, 0.5) is 0 Å². The van der Waals surface area contributed by atoms with E-state index < -0.39 is 5.97 Å². The summed E-state index contributed by atoms with van der Waals surface area (Å²) in [6.45, 7) is 0.386. The zero-order chi connectivity index (χ0) is 18.2. The summed E-state index contributed by atoms with van der Waals surface area (Å²) in [5, 5.41) is 5.84. The molecule has 5 rings (SSSR count). The van der Waals surface area contributed by atoms with E-state index >= 15 is 0 Å². The first kappa shape index (κ1) is 16.2. The Morgan fingerprint density at radius 2 is 2.15 bits per heavy atom. The quantitative estimate of drug-likeness (QED) is 0.462. The highest BCUT2D eigenvalue weighted by Gasteiger charge is 2.23. The van der Waals surface area contributed by atoms with Gasteiger partial charge in [-0.3, -0.25) is 0 Å². The molecule has 0 amide bonds. The fraction of sp³-hybridized carbons (Fsp3) is 0.105. The molecule has 134 valence electrons. The topological polar surface area (TPSA) is 74.5 Å². The first-order chi connectivity index (χ1) is 13.3. The van der Waals surface area contributed by atoms with E-state index in [4.69, 9.17) is 14.0 Å². The highest BCUT2D eigenvalue weighted by molar-refractivity contribution is 7.17. The van der Waals surface area contributed by atoms with Crippen LogP contribution in [0.25, 0.3) is 21.1 Å². The van der Waals surface area contributed by atoms with Gasteiger partial charge >= 0.3 is 5.97 Å². The van der Waals surface area contributed by atoms with E-state index in [2.05, 4.69) is 10.1 Å². The van der Waals surface area contributed by atoms with E-state index in [-0.39, 0.29) is 12.5 Å². The maximum Gasteiger partial charge on any atom is 0.348 e. The average Bonchev–Trinajstić information content (AvgIpc) is 3.45. The van der Waals surface area contributed by atoms with Crippen molar-refractivity contribution in [3.05, 3.63) is 64.2 Å². The van der Waals surface area contributed by atoms with E-state index in [0.29, 0.717) is 17.3 Å². The minimum atomic E-state index is -0.414. The van der Waals surface area contributed by atoms with Crippen molar-refractivity contribution in [1.29, 1.82) is 0 Å². The summed E-state index contributed by atoms with van der Waals surface area (Å²) >= 11 is 2.92. The number of carbonyl (C=O) groups excluding carboxylic acids is 1. The Labute approximate surface area is 162 Å². The van der Waals surface area contributed by atoms with Crippen LogP contribution in [0.1, 0.15) is 21.1 Å². The van der Waals surface area contributed by atoms with Crippen molar-refractivity contribution in [3.63, 3.8) is 0 Å². The number of ether oxygens (including phenoxy) is 2. The Hall–Kier alpha value is -2.97. The lowest BCUT2D eigenvalue weighted by Crippen LogP contribution is -2.04. The molecule has 0 atom stereocenters. The molecular weight excluding hydrogens is 384 g/mol. The zero-order valence-corrected chi connectivity index (χ0v) is 15.5. The second kappa shape index (κ2) is 6.64. The molecule has 8 heteroatoms. The van der Waals surface area contributed by atoms with Crippen molar-refractivity contribution in [2.24, 2.45) is 0 Å². The van der Waals surface area contributed by atoms with Gasteiger partial charge in [-0.2, -0.15) is 4.98 Å². The molecule has 0 aliphatic carbocycles. The number of fused-ring (bicyclic) bond motifs is 3. The van der Waals surface area contributed by atoms with Crippen molar-refractivity contribution in [1.82, 2.24) is 10.1 Å². The zero-order valence-electron chi connectivity index (χ0n) is 13.9. The Kier molecular flexibility index (Phi) is 3.99. The second-order valence-corrected chi connectivity index (χ2v) is 7.81. The number of para-hydroxylation sites is 1. The molecule has 1 aromatic carbocycles. The van der Waals surface area contributed by atoms with Crippen molar-refractivity contribution in [2.45, 2.75) is 13.2 Å². The number of hydrogen-bond acceptors (Lipinski definition) is 8. The van der Waals surface area contributed by atoms with Crippen LogP contribution in [-0.4, -0.2) is 16.1 Å². The SMILES string of the molecule is O=C(OCc1nc(-c2cccs2)no1)c1cc2c(s1)-c1ccccc1OC2. The molecule has 0 unspecified atom stereocenters. The molecule has 1 aliphatic rings. The van der Waals surface area contributed by atoms with Gasteiger partial charge < -0.3 is 14.0 Å². The number of rotatable bonds is 4. The third-order valence-electron chi connectivity index (χ3n) is 4.06. The van der Waals surface area contributed by atoms with Crippen LogP contribution >= 0.6 is 22.7 Å². The molecule has 4 heterocycles. The minimum Gasteiger partial charge on any atom is -0.488 e. The number of hydrogen-bond donors (Lipinski definition) is 0. The number of benzene rings is 1. The Morgan fingerprint density at radius 3 is 3.04 bits per heavy atom. The fourth-order valence-corrected chi connectivity index (χ4v) is 4.56. The summed E-state index contributed by atoms with van der Waals surface area (Å²) in [6.07, 6.45) is 0. The molecule has 3 aromatic heterocycles. The predicted octanol–water partition coefficient (Wildman–Crippen LogP) is 4.78. The first-order valence-corrected chi connectivity index (χ1v) is 9.86. The maximum atomic E-state index is 12.4. The lowest BCUT2D eigenvalue weighted by Gasteiger charge is -2.16. The largest absolute Gasteiger partial charge is 0.488 e. The van der Waals surface area contributed by atoms with Gasteiger partial charge in [0.25, 0.3) is 5.89 Å². The van der Waals surface area contributed by atoms with E-state index in [1.807, 2.05) is 47.8 Å². The lowest BCUT2D eigenvalue weighted by molar-refractivity contribution is 0.0435. The van der Waals surface area contributed by atoms with Crippen LogP contribution in [-0.2, 0) is 18.0 Å².